The molecule has 0 radical (unpaired) electrons. The van der Waals surface area contributed by atoms with Crippen LogP contribution in [0.1, 0.15) is 29.4 Å². The first kappa shape index (κ1) is 13.5. The number of hydrogen-bond donors (Lipinski definition) is 0. The van der Waals surface area contributed by atoms with Crippen LogP contribution in [-0.4, -0.2) is 28.8 Å². The molecule has 0 bridgehead atoms. The Bertz CT molecular complexity index is 553. The van der Waals surface area contributed by atoms with E-state index in [2.05, 4.69) is 6.07 Å². The lowest BCUT2D eigenvalue weighted by Crippen LogP contribution is -2.41. The fraction of sp³-hybridized carbons (Fsp3) is 0.500. The summed E-state index contributed by atoms with van der Waals surface area (Å²) >= 11 is 0.893. The van der Waals surface area contributed by atoms with Gasteiger partial charge in [-0.25, -0.2) is 0 Å². The van der Waals surface area contributed by atoms with E-state index in [9.17, 15) is 14.9 Å². The van der Waals surface area contributed by atoms with E-state index >= 15 is 0 Å². The number of carbonyl (C=O) groups excluding carboxylic acids is 1. The topological polar surface area (TPSA) is 87.2 Å². The number of rotatable bonds is 2. The molecule has 0 N–H and O–H groups in total. The number of likely N-dealkylation sites (tertiary alicyclic amines) is 1. The molecule has 1 fully saturated rings. The first-order valence-electron chi connectivity index (χ1n) is 5.90. The van der Waals surface area contributed by atoms with E-state index in [1.165, 1.54) is 12.1 Å². The molecule has 1 aromatic rings. The zero-order valence-corrected chi connectivity index (χ0v) is 11.3. The van der Waals surface area contributed by atoms with E-state index in [-0.39, 0.29) is 16.3 Å². The first-order chi connectivity index (χ1) is 8.95. The Balaban J connectivity index is 2.05. The smallest absolute Gasteiger partial charge is 0.324 e. The second-order valence-corrected chi connectivity index (χ2v) is 5.92. The van der Waals surface area contributed by atoms with E-state index in [0.29, 0.717) is 30.8 Å². The van der Waals surface area contributed by atoms with Crippen molar-refractivity contribution in [2.24, 2.45) is 5.41 Å². The zero-order valence-electron chi connectivity index (χ0n) is 10.5. The molecule has 1 aliphatic heterocycles. The normalized spacial score (nSPS) is 17.8. The molecule has 100 valence electrons. The Hall–Kier alpha value is -1.94. The third-order valence-corrected chi connectivity index (χ3v) is 4.43. The van der Waals surface area contributed by atoms with E-state index in [0.717, 1.165) is 11.3 Å². The number of nitriles is 1. The molecule has 0 spiro atoms. The molecule has 0 unspecified atom stereocenters. The Morgan fingerprint density at radius 1 is 1.53 bits per heavy atom. The van der Waals surface area contributed by atoms with Crippen molar-refractivity contribution in [3.05, 3.63) is 27.1 Å². The zero-order chi connectivity index (χ0) is 14.0. The highest BCUT2D eigenvalue weighted by molar-refractivity contribution is 7.17. The van der Waals surface area contributed by atoms with Crippen molar-refractivity contribution in [3.8, 4) is 6.07 Å². The standard InChI is InChI=1S/C12H13N3O3S/c1-12(8-13)4-6-14(7-5-12)11(16)9-2-3-10(19-9)15(17)18/h2-3H,4-7H2,1H3. The van der Waals surface area contributed by atoms with Crippen molar-refractivity contribution < 1.29 is 9.72 Å². The van der Waals surface area contributed by atoms with Gasteiger partial charge in [0.2, 0.25) is 0 Å². The molecule has 1 saturated heterocycles. The summed E-state index contributed by atoms with van der Waals surface area (Å²) in [6, 6.07) is 5.11. The number of amides is 1. The van der Waals surface area contributed by atoms with Crippen molar-refractivity contribution in [1.29, 1.82) is 5.26 Å². The van der Waals surface area contributed by atoms with Crippen LogP contribution in [0, 0.1) is 26.9 Å². The number of nitrogens with zero attached hydrogens (tertiary/aromatic N) is 3. The molecule has 0 atom stereocenters. The molecule has 1 amide bonds. The van der Waals surface area contributed by atoms with Gasteiger partial charge in [-0.1, -0.05) is 11.3 Å². The van der Waals surface area contributed by atoms with Gasteiger partial charge < -0.3 is 4.90 Å². The summed E-state index contributed by atoms with van der Waals surface area (Å²) in [5.74, 6) is -0.182. The third-order valence-electron chi connectivity index (χ3n) is 3.41. The summed E-state index contributed by atoms with van der Waals surface area (Å²) < 4.78 is 0. The van der Waals surface area contributed by atoms with Crippen LogP contribution in [0.2, 0.25) is 0 Å². The van der Waals surface area contributed by atoms with E-state index in [1.54, 1.807) is 4.90 Å². The molecule has 6 nitrogen and oxygen atoms in total. The monoisotopic (exact) mass is 279 g/mol. The van der Waals surface area contributed by atoms with E-state index in [4.69, 9.17) is 5.26 Å². The van der Waals surface area contributed by atoms with Crippen LogP contribution in [0.4, 0.5) is 5.00 Å². The lowest BCUT2D eigenvalue weighted by Gasteiger charge is -2.34. The predicted molar refractivity (Wildman–Crippen MR) is 69.8 cm³/mol. The molecule has 2 rings (SSSR count). The van der Waals surface area contributed by atoms with E-state index < -0.39 is 4.92 Å². The van der Waals surface area contributed by atoms with Gasteiger partial charge in [0, 0.05) is 19.2 Å². The highest BCUT2D eigenvalue weighted by Gasteiger charge is 2.32. The summed E-state index contributed by atoms with van der Waals surface area (Å²) in [4.78, 5) is 24.3. The third kappa shape index (κ3) is 2.74. The van der Waals surface area contributed by atoms with Gasteiger partial charge in [-0.15, -0.1) is 0 Å². The van der Waals surface area contributed by atoms with Crippen LogP contribution in [0.25, 0.3) is 0 Å². The van der Waals surface area contributed by atoms with Crippen LogP contribution in [-0.2, 0) is 0 Å². The summed E-state index contributed by atoms with van der Waals surface area (Å²) in [5, 5.41) is 19.6. The maximum atomic E-state index is 12.2. The average molecular weight is 279 g/mol. The van der Waals surface area contributed by atoms with Gasteiger partial charge in [-0.05, 0) is 25.8 Å². The second-order valence-electron chi connectivity index (χ2n) is 4.86. The van der Waals surface area contributed by atoms with Crippen molar-refractivity contribution in [3.63, 3.8) is 0 Å². The van der Waals surface area contributed by atoms with Crippen LogP contribution in [0.3, 0.4) is 0 Å². The number of hydrogen-bond acceptors (Lipinski definition) is 5. The highest BCUT2D eigenvalue weighted by atomic mass is 32.1. The van der Waals surface area contributed by atoms with Crippen LogP contribution in [0.5, 0.6) is 0 Å². The number of carbonyl (C=O) groups is 1. The molecule has 19 heavy (non-hydrogen) atoms. The Morgan fingerprint density at radius 3 is 2.63 bits per heavy atom. The number of thiophene rings is 1. The first-order valence-corrected chi connectivity index (χ1v) is 6.72. The quantitative estimate of drug-likeness (QED) is 0.614. The predicted octanol–water partition coefficient (Wildman–Crippen LogP) is 2.42. The Kier molecular flexibility index (Phi) is 3.53. The molecule has 0 aliphatic carbocycles. The van der Waals surface area contributed by atoms with Gasteiger partial charge in [0.1, 0.15) is 0 Å². The summed E-state index contributed by atoms with van der Waals surface area (Å²) in [5.41, 5.74) is -0.363. The molecule has 0 aromatic carbocycles. The fourth-order valence-corrected chi connectivity index (χ4v) is 2.80. The van der Waals surface area contributed by atoms with Crippen molar-refractivity contribution in [2.45, 2.75) is 19.8 Å². The fourth-order valence-electron chi connectivity index (χ4n) is 2.01. The van der Waals surface area contributed by atoms with Crippen LogP contribution < -0.4 is 0 Å². The van der Waals surface area contributed by atoms with Gasteiger partial charge >= 0.3 is 5.00 Å². The minimum atomic E-state index is -0.496. The largest absolute Gasteiger partial charge is 0.338 e. The molecular formula is C12H13N3O3S. The Morgan fingerprint density at radius 2 is 2.16 bits per heavy atom. The van der Waals surface area contributed by atoms with Gasteiger partial charge in [0.15, 0.2) is 0 Å². The summed E-state index contributed by atoms with van der Waals surface area (Å²) in [6.45, 7) is 2.94. The molecule has 1 aliphatic rings. The van der Waals surface area contributed by atoms with Gasteiger partial charge in [-0.2, -0.15) is 5.26 Å². The number of piperidine rings is 1. The summed E-state index contributed by atoms with van der Waals surface area (Å²) in [6.07, 6.45) is 1.28. The van der Waals surface area contributed by atoms with Crippen LogP contribution in [0.15, 0.2) is 12.1 Å². The maximum Gasteiger partial charge on any atom is 0.324 e. The molecule has 1 aromatic heterocycles. The molecule has 2 heterocycles. The minimum absolute atomic E-state index is 0.0257. The van der Waals surface area contributed by atoms with Crippen molar-refractivity contribution >= 4 is 22.2 Å². The SMILES string of the molecule is CC1(C#N)CCN(C(=O)c2ccc([N+](=O)[O-])s2)CC1. The molecule has 7 heteroatoms. The van der Waals surface area contributed by atoms with Gasteiger partial charge in [0.05, 0.1) is 21.3 Å². The lowest BCUT2D eigenvalue weighted by molar-refractivity contribution is -0.380. The lowest BCUT2D eigenvalue weighted by atomic mass is 9.82. The van der Waals surface area contributed by atoms with Crippen molar-refractivity contribution in [2.75, 3.05) is 13.1 Å². The highest BCUT2D eigenvalue weighted by Crippen LogP contribution is 2.32. The second kappa shape index (κ2) is 4.97. The van der Waals surface area contributed by atoms with Crippen molar-refractivity contribution in [1.82, 2.24) is 4.90 Å². The molecule has 0 saturated carbocycles. The molecular weight excluding hydrogens is 266 g/mol. The maximum absolute atomic E-state index is 12.2. The van der Waals surface area contributed by atoms with Gasteiger partial charge in [-0.3, -0.25) is 14.9 Å². The van der Waals surface area contributed by atoms with Crippen LogP contribution >= 0.6 is 11.3 Å². The number of nitro groups is 1. The minimum Gasteiger partial charge on any atom is -0.338 e. The summed E-state index contributed by atoms with van der Waals surface area (Å²) in [7, 11) is 0. The van der Waals surface area contributed by atoms with Gasteiger partial charge in [0.25, 0.3) is 5.91 Å². The average Bonchev–Trinajstić information content (AvgIpc) is 2.88. The van der Waals surface area contributed by atoms with E-state index in [1.807, 2.05) is 6.92 Å². The Labute approximate surface area is 114 Å².